The van der Waals surface area contributed by atoms with Gasteiger partial charge in [0.25, 0.3) is 0 Å². The van der Waals surface area contributed by atoms with E-state index in [0.717, 1.165) is 25.8 Å². The zero-order valence-corrected chi connectivity index (χ0v) is 13.9. The number of rotatable bonds is 3. The van der Waals surface area contributed by atoms with E-state index in [2.05, 4.69) is 0 Å². The lowest BCUT2D eigenvalue weighted by Crippen LogP contribution is -2.48. The van der Waals surface area contributed by atoms with Gasteiger partial charge in [-0.2, -0.15) is 0 Å². The van der Waals surface area contributed by atoms with E-state index in [4.69, 9.17) is 17.3 Å². The van der Waals surface area contributed by atoms with E-state index in [1.54, 1.807) is 12.1 Å². The number of carbonyl (C=O) groups is 1. The van der Waals surface area contributed by atoms with Gasteiger partial charge in [-0.15, -0.1) is 12.4 Å². The second-order valence-corrected chi connectivity index (χ2v) is 6.41. The Kier molecular flexibility index (Phi) is 5.70. The van der Waals surface area contributed by atoms with Crippen molar-refractivity contribution in [2.24, 2.45) is 11.7 Å². The molecule has 1 amide bonds. The van der Waals surface area contributed by atoms with Crippen LogP contribution < -0.4 is 5.73 Å². The van der Waals surface area contributed by atoms with Crippen molar-refractivity contribution in [3.63, 3.8) is 0 Å². The number of hydrogen-bond donors (Lipinski definition) is 1. The fourth-order valence-corrected chi connectivity index (χ4v) is 3.70. The largest absolute Gasteiger partial charge is 0.338 e. The SMILES string of the molecule is Cl.NCC1CCCCN1C(=O)C1CC1c1c(F)cccc1Cl. The van der Waals surface area contributed by atoms with Gasteiger partial charge in [0.05, 0.1) is 0 Å². The Morgan fingerprint density at radius 2 is 2.18 bits per heavy atom. The molecule has 1 aliphatic heterocycles. The molecule has 1 aliphatic carbocycles. The predicted molar refractivity (Wildman–Crippen MR) is 87.9 cm³/mol. The van der Waals surface area contributed by atoms with Crippen molar-refractivity contribution in [1.29, 1.82) is 0 Å². The van der Waals surface area contributed by atoms with Crippen LogP contribution in [0.2, 0.25) is 5.02 Å². The minimum atomic E-state index is -0.309. The van der Waals surface area contributed by atoms with Gasteiger partial charge in [0, 0.05) is 41.6 Å². The number of hydrogen-bond acceptors (Lipinski definition) is 2. The normalized spacial score (nSPS) is 27.2. The smallest absolute Gasteiger partial charge is 0.226 e. The molecule has 0 bridgehead atoms. The summed E-state index contributed by atoms with van der Waals surface area (Å²) in [5.41, 5.74) is 6.27. The summed E-state index contributed by atoms with van der Waals surface area (Å²) in [7, 11) is 0. The van der Waals surface area contributed by atoms with Crippen molar-refractivity contribution in [3.05, 3.63) is 34.6 Å². The van der Waals surface area contributed by atoms with Gasteiger partial charge in [0.1, 0.15) is 5.82 Å². The minimum absolute atomic E-state index is 0. The van der Waals surface area contributed by atoms with E-state index < -0.39 is 0 Å². The number of carbonyl (C=O) groups excluding carboxylic acids is 1. The van der Waals surface area contributed by atoms with Crippen LogP contribution in [0.4, 0.5) is 4.39 Å². The van der Waals surface area contributed by atoms with Crippen molar-refractivity contribution in [2.75, 3.05) is 13.1 Å². The Morgan fingerprint density at radius 1 is 1.41 bits per heavy atom. The highest BCUT2D eigenvalue weighted by atomic mass is 35.5. The summed E-state index contributed by atoms with van der Waals surface area (Å²) in [6.45, 7) is 1.28. The third-order valence-corrected chi connectivity index (χ3v) is 4.99. The molecule has 0 radical (unpaired) electrons. The van der Waals surface area contributed by atoms with Crippen LogP contribution in [0.1, 0.15) is 37.2 Å². The topological polar surface area (TPSA) is 46.3 Å². The quantitative estimate of drug-likeness (QED) is 0.912. The summed E-state index contributed by atoms with van der Waals surface area (Å²) in [5.74, 6) is -0.399. The minimum Gasteiger partial charge on any atom is -0.338 e. The molecule has 1 saturated heterocycles. The summed E-state index contributed by atoms with van der Waals surface area (Å²) < 4.78 is 13.9. The van der Waals surface area contributed by atoms with E-state index in [9.17, 15) is 9.18 Å². The summed E-state index contributed by atoms with van der Waals surface area (Å²) in [6.07, 6.45) is 3.81. The van der Waals surface area contributed by atoms with Crippen LogP contribution in [0.5, 0.6) is 0 Å². The molecule has 3 nitrogen and oxygen atoms in total. The molecule has 3 unspecified atom stereocenters. The lowest BCUT2D eigenvalue weighted by Gasteiger charge is -2.35. The molecule has 6 heteroatoms. The van der Waals surface area contributed by atoms with Gasteiger partial charge in [-0.3, -0.25) is 4.79 Å². The van der Waals surface area contributed by atoms with Crippen molar-refractivity contribution < 1.29 is 9.18 Å². The van der Waals surface area contributed by atoms with Gasteiger partial charge in [0.2, 0.25) is 5.91 Å². The monoisotopic (exact) mass is 346 g/mol. The van der Waals surface area contributed by atoms with Crippen LogP contribution in [0.15, 0.2) is 18.2 Å². The predicted octanol–water partition coefficient (Wildman–Crippen LogP) is 3.34. The molecule has 1 saturated carbocycles. The molecule has 2 N–H and O–H groups in total. The summed E-state index contributed by atoms with van der Waals surface area (Å²) in [4.78, 5) is 14.5. The van der Waals surface area contributed by atoms with Gasteiger partial charge in [0.15, 0.2) is 0 Å². The Balaban J connectivity index is 0.00000176. The molecular weight excluding hydrogens is 326 g/mol. The molecule has 0 spiro atoms. The van der Waals surface area contributed by atoms with Gasteiger partial charge in [-0.05, 0) is 37.8 Å². The van der Waals surface area contributed by atoms with Crippen LogP contribution in [0.25, 0.3) is 0 Å². The molecule has 2 aliphatic rings. The summed E-state index contributed by atoms with van der Waals surface area (Å²) >= 11 is 6.09. The van der Waals surface area contributed by atoms with Gasteiger partial charge < -0.3 is 10.6 Å². The number of amides is 1. The lowest BCUT2D eigenvalue weighted by molar-refractivity contribution is -0.136. The van der Waals surface area contributed by atoms with Gasteiger partial charge in [-0.1, -0.05) is 17.7 Å². The summed E-state index contributed by atoms with van der Waals surface area (Å²) in [5, 5.41) is 0.421. The number of benzene rings is 1. The van der Waals surface area contributed by atoms with Gasteiger partial charge in [-0.25, -0.2) is 4.39 Å². The Bertz CT molecular complexity index is 535. The lowest BCUT2D eigenvalue weighted by atomic mass is 10.0. The Hall–Kier alpha value is -0.840. The molecule has 1 aromatic carbocycles. The number of piperidine rings is 1. The molecule has 122 valence electrons. The Labute approximate surface area is 141 Å². The number of nitrogens with two attached hydrogens (primary N) is 1. The fourth-order valence-electron chi connectivity index (χ4n) is 3.40. The standard InChI is InChI=1S/C16H20ClFN2O.ClH/c17-13-5-3-6-14(18)15(13)11-8-12(11)16(21)20-7-2-1-4-10(20)9-19;/h3,5-6,10-12H,1-2,4,7-9,19H2;1H. The first kappa shape index (κ1) is 17.5. The molecule has 1 heterocycles. The molecule has 1 aromatic rings. The molecule has 0 aromatic heterocycles. The highest BCUT2D eigenvalue weighted by Gasteiger charge is 2.48. The first-order valence-electron chi connectivity index (χ1n) is 7.58. The highest BCUT2D eigenvalue weighted by Crippen LogP contribution is 2.51. The van der Waals surface area contributed by atoms with Crippen molar-refractivity contribution in [2.45, 2.75) is 37.6 Å². The third-order valence-electron chi connectivity index (χ3n) is 4.66. The van der Waals surface area contributed by atoms with Gasteiger partial charge >= 0.3 is 0 Å². The van der Waals surface area contributed by atoms with Crippen LogP contribution in [0, 0.1) is 11.7 Å². The maximum atomic E-state index is 13.9. The van der Waals surface area contributed by atoms with E-state index in [0.29, 0.717) is 23.6 Å². The van der Waals surface area contributed by atoms with E-state index >= 15 is 0 Å². The maximum Gasteiger partial charge on any atom is 0.226 e. The van der Waals surface area contributed by atoms with Crippen LogP contribution in [0.3, 0.4) is 0 Å². The van der Waals surface area contributed by atoms with Crippen molar-refractivity contribution in [3.8, 4) is 0 Å². The van der Waals surface area contributed by atoms with E-state index in [-0.39, 0.29) is 42.0 Å². The second-order valence-electron chi connectivity index (χ2n) is 6.00. The zero-order chi connectivity index (χ0) is 15.0. The number of nitrogens with zero attached hydrogens (tertiary/aromatic N) is 1. The zero-order valence-electron chi connectivity index (χ0n) is 12.3. The first-order chi connectivity index (χ1) is 10.1. The second kappa shape index (κ2) is 7.16. The highest BCUT2D eigenvalue weighted by molar-refractivity contribution is 6.31. The molecule has 3 atom stereocenters. The first-order valence-corrected chi connectivity index (χ1v) is 7.95. The molecule has 2 fully saturated rings. The van der Waals surface area contributed by atoms with Crippen LogP contribution >= 0.6 is 24.0 Å². The molecular formula is C16H21Cl2FN2O. The average Bonchev–Trinajstić information content (AvgIpc) is 3.26. The fraction of sp³-hybridized carbons (Fsp3) is 0.562. The van der Waals surface area contributed by atoms with Crippen LogP contribution in [-0.2, 0) is 4.79 Å². The average molecular weight is 347 g/mol. The number of halogens is 3. The summed E-state index contributed by atoms with van der Waals surface area (Å²) in [6, 6.07) is 4.83. The van der Waals surface area contributed by atoms with Crippen molar-refractivity contribution >= 4 is 29.9 Å². The Morgan fingerprint density at radius 3 is 2.86 bits per heavy atom. The number of likely N-dealkylation sites (tertiary alicyclic amines) is 1. The maximum absolute atomic E-state index is 13.9. The third kappa shape index (κ3) is 3.24. The van der Waals surface area contributed by atoms with E-state index in [1.165, 1.54) is 6.07 Å². The van der Waals surface area contributed by atoms with E-state index in [1.807, 2.05) is 4.90 Å². The molecule has 22 heavy (non-hydrogen) atoms. The van der Waals surface area contributed by atoms with Crippen LogP contribution in [-0.4, -0.2) is 29.9 Å². The van der Waals surface area contributed by atoms with Crippen molar-refractivity contribution in [1.82, 2.24) is 4.90 Å². The molecule has 3 rings (SSSR count).